The molecule has 0 fully saturated rings. The van der Waals surface area contributed by atoms with E-state index in [2.05, 4.69) is 19.2 Å². The minimum atomic E-state index is -4.03. The molecule has 0 heterocycles. The number of thioether (sulfide) groups is 1. The number of rotatable bonds is 9. The van der Waals surface area contributed by atoms with E-state index in [-0.39, 0.29) is 12.5 Å². The van der Waals surface area contributed by atoms with Crippen molar-refractivity contribution in [3.8, 4) is 0 Å². The van der Waals surface area contributed by atoms with Gasteiger partial charge in [0.15, 0.2) is 0 Å². The van der Waals surface area contributed by atoms with Gasteiger partial charge in [-0.25, -0.2) is 0 Å². The van der Waals surface area contributed by atoms with E-state index < -0.39 is 12.6 Å². The van der Waals surface area contributed by atoms with Crippen LogP contribution < -0.4 is 5.32 Å². The molecule has 0 bridgehead atoms. The van der Waals surface area contributed by atoms with Crippen LogP contribution in [0.4, 0.5) is 13.2 Å². The average Bonchev–Trinajstić information content (AvgIpc) is 2.26. The van der Waals surface area contributed by atoms with Gasteiger partial charge >= 0.3 is 6.18 Å². The summed E-state index contributed by atoms with van der Waals surface area (Å²) in [5.74, 6) is 0.769. The summed E-state index contributed by atoms with van der Waals surface area (Å²) >= 11 is 1.76. The molecule has 104 valence electrons. The number of nitrogens with one attached hydrogen (secondary N) is 1. The van der Waals surface area contributed by atoms with Crippen LogP contribution in [-0.2, 0) is 0 Å². The van der Waals surface area contributed by atoms with E-state index in [1.54, 1.807) is 11.8 Å². The summed E-state index contributed by atoms with van der Waals surface area (Å²) in [6.07, 6.45) is -2.52. The third kappa shape index (κ3) is 10.9. The normalized spacial score (nSPS) is 15.9. The molecule has 2 unspecified atom stereocenters. The number of alkyl halides is 3. The number of hydrogen-bond donors (Lipinski definition) is 1. The summed E-state index contributed by atoms with van der Waals surface area (Å²) in [7, 11) is 0. The molecule has 5 heteroatoms. The van der Waals surface area contributed by atoms with Gasteiger partial charge in [0.2, 0.25) is 0 Å². The van der Waals surface area contributed by atoms with Gasteiger partial charge in [-0.2, -0.15) is 24.9 Å². The van der Waals surface area contributed by atoms with Gasteiger partial charge in [0, 0.05) is 23.5 Å². The van der Waals surface area contributed by atoms with Crippen molar-refractivity contribution in [1.29, 1.82) is 0 Å². The Morgan fingerprint density at radius 2 is 1.88 bits per heavy atom. The molecule has 0 aromatic rings. The van der Waals surface area contributed by atoms with Crippen LogP contribution in [-0.4, -0.2) is 29.8 Å². The summed E-state index contributed by atoms with van der Waals surface area (Å²) in [5, 5.41) is 3.72. The Hall–Kier alpha value is 0.100. The van der Waals surface area contributed by atoms with Crippen molar-refractivity contribution in [3.63, 3.8) is 0 Å². The molecule has 0 amide bonds. The molecule has 1 nitrogen and oxygen atoms in total. The Morgan fingerprint density at radius 1 is 1.24 bits per heavy atom. The van der Waals surface area contributed by atoms with Gasteiger partial charge in [-0.1, -0.05) is 20.8 Å². The Balaban J connectivity index is 3.95. The van der Waals surface area contributed by atoms with Gasteiger partial charge in [-0.3, -0.25) is 0 Å². The molecule has 0 saturated heterocycles. The van der Waals surface area contributed by atoms with Crippen LogP contribution in [0.2, 0.25) is 0 Å². The highest BCUT2D eigenvalue weighted by Gasteiger charge is 2.28. The van der Waals surface area contributed by atoms with Crippen LogP contribution in [0.1, 0.15) is 46.5 Å². The number of hydrogen-bond acceptors (Lipinski definition) is 2. The summed E-state index contributed by atoms with van der Waals surface area (Å²) in [4.78, 5) is 0. The quantitative estimate of drug-likeness (QED) is 0.673. The fraction of sp³-hybridized carbons (Fsp3) is 1.00. The Labute approximate surface area is 107 Å². The van der Waals surface area contributed by atoms with Crippen molar-refractivity contribution in [3.05, 3.63) is 0 Å². The van der Waals surface area contributed by atoms with Gasteiger partial charge < -0.3 is 5.32 Å². The largest absolute Gasteiger partial charge is 0.389 e. The first-order valence-corrected chi connectivity index (χ1v) is 7.35. The second kappa shape index (κ2) is 9.09. The van der Waals surface area contributed by atoms with Crippen LogP contribution in [0.25, 0.3) is 0 Å². The van der Waals surface area contributed by atoms with Gasteiger partial charge in [-0.15, -0.1) is 0 Å². The lowest BCUT2D eigenvalue weighted by molar-refractivity contribution is -0.136. The lowest BCUT2D eigenvalue weighted by atomic mass is 10.2. The monoisotopic (exact) mass is 271 g/mol. The first-order chi connectivity index (χ1) is 7.89. The second-order valence-corrected chi connectivity index (χ2v) is 5.83. The van der Waals surface area contributed by atoms with E-state index in [1.165, 1.54) is 0 Å². The predicted octanol–water partition coefficient (Wildman–Crippen LogP) is 4.23. The van der Waals surface area contributed by atoms with Crippen LogP contribution in [0.5, 0.6) is 0 Å². The topological polar surface area (TPSA) is 12.0 Å². The van der Waals surface area contributed by atoms with Crippen molar-refractivity contribution in [2.24, 2.45) is 0 Å². The highest BCUT2D eigenvalue weighted by Crippen LogP contribution is 2.24. The maximum atomic E-state index is 12.2. The molecular weight excluding hydrogens is 247 g/mol. The fourth-order valence-corrected chi connectivity index (χ4v) is 2.41. The summed E-state index contributed by atoms with van der Waals surface area (Å²) in [6, 6.07) is -0.0180. The lowest BCUT2D eigenvalue weighted by Crippen LogP contribution is -2.33. The molecule has 0 spiro atoms. The predicted molar refractivity (Wildman–Crippen MR) is 69.6 cm³/mol. The van der Waals surface area contributed by atoms with Crippen LogP contribution in [0.3, 0.4) is 0 Å². The Kier molecular flexibility index (Phi) is 9.14. The molecule has 0 radical (unpaired) electrons. The second-order valence-electron chi connectivity index (χ2n) is 4.36. The molecule has 0 aliphatic heterocycles. The minimum Gasteiger partial charge on any atom is -0.313 e. The third-order valence-electron chi connectivity index (χ3n) is 2.62. The SMILES string of the molecule is CCCNC(CCC(F)(F)F)CSC(C)CC. The van der Waals surface area contributed by atoms with Crippen molar-refractivity contribution in [2.75, 3.05) is 12.3 Å². The van der Waals surface area contributed by atoms with Crippen molar-refractivity contribution in [1.82, 2.24) is 5.32 Å². The van der Waals surface area contributed by atoms with Crippen LogP contribution in [0.15, 0.2) is 0 Å². The lowest BCUT2D eigenvalue weighted by Gasteiger charge is -2.20. The van der Waals surface area contributed by atoms with Crippen molar-refractivity contribution in [2.45, 2.75) is 63.9 Å². The molecule has 17 heavy (non-hydrogen) atoms. The molecule has 0 aromatic heterocycles. The molecule has 0 aromatic carbocycles. The standard InChI is InChI=1S/C12H24F3NS/c1-4-8-16-11(6-7-12(13,14)15)9-17-10(3)5-2/h10-11,16H,4-9H2,1-3H3. The zero-order valence-corrected chi connectivity index (χ0v) is 11.8. The third-order valence-corrected chi connectivity index (χ3v) is 4.11. The van der Waals surface area contributed by atoms with E-state index in [1.807, 2.05) is 6.92 Å². The first-order valence-electron chi connectivity index (χ1n) is 6.30. The fourth-order valence-electron chi connectivity index (χ4n) is 1.33. The molecule has 0 rings (SSSR count). The zero-order valence-electron chi connectivity index (χ0n) is 10.9. The van der Waals surface area contributed by atoms with Crippen LogP contribution >= 0.6 is 11.8 Å². The minimum absolute atomic E-state index is 0.0180. The molecular formula is C12H24F3NS. The van der Waals surface area contributed by atoms with E-state index in [9.17, 15) is 13.2 Å². The Bertz CT molecular complexity index is 185. The highest BCUT2D eigenvalue weighted by atomic mass is 32.2. The van der Waals surface area contributed by atoms with Crippen molar-refractivity contribution >= 4 is 11.8 Å². The molecule has 0 saturated carbocycles. The maximum Gasteiger partial charge on any atom is 0.389 e. The summed E-state index contributed by atoms with van der Waals surface area (Å²) in [6.45, 7) is 7.03. The smallest absolute Gasteiger partial charge is 0.313 e. The van der Waals surface area contributed by atoms with E-state index in [0.29, 0.717) is 5.25 Å². The van der Waals surface area contributed by atoms with Gasteiger partial charge in [-0.05, 0) is 25.8 Å². The van der Waals surface area contributed by atoms with E-state index in [4.69, 9.17) is 0 Å². The zero-order chi connectivity index (χ0) is 13.3. The van der Waals surface area contributed by atoms with Crippen LogP contribution in [0, 0.1) is 0 Å². The van der Waals surface area contributed by atoms with Gasteiger partial charge in [0.05, 0.1) is 0 Å². The summed E-state index contributed by atoms with van der Waals surface area (Å²) in [5.41, 5.74) is 0. The Morgan fingerprint density at radius 3 is 2.35 bits per heavy atom. The molecule has 0 aliphatic carbocycles. The van der Waals surface area contributed by atoms with E-state index in [0.717, 1.165) is 25.1 Å². The van der Waals surface area contributed by atoms with E-state index >= 15 is 0 Å². The first kappa shape index (κ1) is 17.1. The highest BCUT2D eigenvalue weighted by molar-refractivity contribution is 7.99. The van der Waals surface area contributed by atoms with Gasteiger partial charge in [0.25, 0.3) is 0 Å². The van der Waals surface area contributed by atoms with Gasteiger partial charge in [0.1, 0.15) is 0 Å². The summed E-state index contributed by atoms with van der Waals surface area (Å²) < 4.78 is 36.5. The van der Waals surface area contributed by atoms with Crippen molar-refractivity contribution < 1.29 is 13.2 Å². The molecule has 2 atom stereocenters. The molecule has 0 aliphatic rings. The number of halogens is 3. The average molecular weight is 271 g/mol. The molecule has 1 N–H and O–H groups in total. The maximum absolute atomic E-state index is 12.2.